The molecule has 0 bridgehead atoms. The second-order valence-corrected chi connectivity index (χ2v) is 5.18. The lowest BCUT2D eigenvalue weighted by atomic mass is 10.2. The fourth-order valence-electron chi connectivity index (χ4n) is 1.66. The molecule has 0 saturated carbocycles. The number of carbonyl (C=O) groups is 2. The van der Waals surface area contributed by atoms with E-state index in [4.69, 9.17) is 27.6 Å². The highest BCUT2D eigenvalue weighted by molar-refractivity contribution is 6.34. The van der Waals surface area contributed by atoms with Crippen LogP contribution in [0.5, 0.6) is 0 Å². The minimum Gasteiger partial charge on any atom is -0.469 e. The van der Waals surface area contributed by atoms with Gasteiger partial charge in [0, 0.05) is 16.1 Å². The molecular formula is C15H12Cl2N2O3. The molecule has 2 amide bonds. The Labute approximate surface area is 136 Å². The number of carbonyl (C=O) groups excluding carboxylic acids is 2. The molecule has 22 heavy (non-hydrogen) atoms. The van der Waals surface area contributed by atoms with E-state index in [9.17, 15) is 9.59 Å². The first kappa shape index (κ1) is 16.1. The third-order valence-electron chi connectivity index (χ3n) is 2.77. The van der Waals surface area contributed by atoms with E-state index in [0.29, 0.717) is 26.9 Å². The van der Waals surface area contributed by atoms with Gasteiger partial charge in [-0.15, -0.1) is 0 Å². The van der Waals surface area contributed by atoms with Crippen LogP contribution in [-0.2, 0) is 4.79 Å². The Hall–Kier alpha value is -2.24. The number of aryl methyl sites for hydroxylation is 1. The molecule has 0 saturated heterocycles. The zero-order valence-electron chi connectivity index (χ0n) is 11.5. The number of nitrogens with one attached hydrogen (secondary N) is 2. The smallest absolute Gasteiger partial charge is 0.273 e. The Kier molecular flexibility index (Phi) is 5.25. The molecule has 0 aliphatic heterocycles. The molecule has 0 unspecified atom stereocenters. The standard InChI is InChI=1S/C15H12Cl2N2O3/c1-9-12(6-7-22-9)15(21)19-18-14(20)5-2-10-8-11(16)3-4-13(10)17/h2-8H,1H3,(H,18,20)(H,19,21)/b5-2+. The zero-order chi connectivity index (χ0) is 16.1. The highest BCUT2D eigenvalue weighted by Crippen LogP contribution is 2.21. The van der Waals surface area contributed by atoms with Gasteiger partial charge in [0.1, 0.15) is 5.76 Å². The van der Waals surface area contributed by atoms with Gasteiger partial charge in [0.25, 0.3) is 11.8 Å². The number of hydrogen-bond donors (Lipinski definition) is 2. The minimum atomic E-state index is -0.509. The molecule has 2 N–H and O–H groups in total. The van der Waals surface area contributed by atoms with Crippen molar-refractivity contribution in [3.05, 3.63) is 63.5 Å². The maximum Gasteiger partial charge on any atom is 0.273 e. The molecular weight excluding hydrogens is 327 g/mol. The van der Waals surface area contributed by atoms with Crippen molar-refractivity contribution in [3.63, 3.8) is 0 Å². The second kappa shape index (κ2) is 7.15. The van der Waals surface area contributed by atoms with Crippen molar-refractivity contribution in [2.75, 3.05) is 0 Å². The van der Waals surface area contributed by atoms with Crippen LogP contribution in [0.15, 0.2) is 41.0 Å². The molecule has 0 spiro atoms. The Morgan fingerprint density at radius 1 is 1.18 bits per heavy atom. The monoisotopic (exact) mass is 338 g/mol. The topological polar surface area (TPSA) is 71.3 Å². The lowest BCUT2D eigenvalue weighted by molar-refractivity contribution is -0.117. The quantitative estimate of drug-likeness (QED) is 0.665. The molecule has 2 rings (SSSR count). The molecule has 0 atom stereocenters. The van der Waals surface area contributed by atoms with Gasteiger partial charge in [-0.1, -0.05) is 23.2 Å². The maximum atomic E-state index is 11.8. The van der Waals surface area contributed by atoms with Crippen LogP contribution in [0, 0.1) is 6.92 Å². The summed E-state index contributed by atoms with van der Waals surface area (Å²) in [6, 6.07) is 6.42. The van der Waals surface area contributed by atoms with Crippen LogP contribution in [0.4, 0.5) is 0 Å². The van der Waals surface area contributed by atoms with E-state index in [0.717, 1.165) is 0 Å². The van der Waals surface area contributed by atoms with Crippen molar-refractivity contribution < 1.29 is 14.0 Å². The minimum absolute atomic E-state index is 0.349. The third kappa shape index (κ3) is 4.13. The number of amides is 2. The summed E-state index contributed by atoms with van der Waals surface area (Å²) in [5.74, 6) is -0.507. The van der Waals surface area contributed by atoms with Crippen LogP contribution >= 0.6 is 23.2 Å². The molecule has 5 nitrogen and oxygen atoms in total. The number of furan rings is 1. The predicted molar refractivity (Wildman–Crippen MR) is 84.5 cm³/mol. The molecule has 1 heterocycles. The Morgan fingerprint density at radius 2 is 1.95 bits per heavy atom. The molecule has 0 aliphatic carbocycles. The molecule has 0 fully saturated rings. The molecule has 114 valence electrons. The zero-order valence-corrected chi connectivity index (χ0v) is 13.0. The van der Waals surface area contributed by atoms with Crippen molar-refractivity contribution >= 4 is 41.1 Å². The summed E-state index contributed by atoms with van der Waals surface area (Å²) in [7, 11) is 0. The van der Waals surface area contributed by atoms with Crippen molar-refractivity contribution in [2.45, 2.75) is 6.92 Å². The van der Waals surface area contributed by atoms with E-state index in [-0.39, 0.29) is 0 Å². The number of benzene rings is 1. The van der Waals surface area contributed by atoms with Crippen LogP contribution in [0.3, 0.4) is 0 Å². The number of hydrogen-bond acceptors (Lipinski definition) is 3. The number of halogens is 2. The fraction of sp³-hybridized carbons (Fsp3) is 0.0667. The van der Waals surface area contributed by atoms with Gasteiger partial charge in [-0.25, -0.2) is 0 Å². The van der Waals surface area contributed by atoms with Crippen molar-refractivity contribution in [2.24, 2.45) is 0 Å². The normalized spacial score (nSPS) is 10.7. The maximum absolute atomic E-state index is 11.8. The SMILES string of the molecule is Cc1occc1C(=O)NNC(=O)/C=C/c1cc(Cl)ccc1Cl. The van der Waals surface area contributed by atoms with E-state index in [1.807, 2.05) is 0 Å². The average molecular weight is 339 g/mol. The van der Waals surface area contributed by atoms with Crippen LogP contribution in [0.25, 0.3) is 6.08 Å². The summed E-state index contributed by atoms with van der Waals surface area (Å²) in [6.45, 7) is 1.65. The molecule has 1 aromatic heterocycles. The van der Waals surface area contributed by atoms with E-state index in [1.54, 1.807) is 25.1 Å². The molecule has 7 heteroatoms. The Morgan fingerprint density at radius 3 is 2.64 bits per heavy atom. The van der Waals surface area contributed by atoms with Gasteiger partial charge in [0.15, 0.2) is 0 Å². The second-order valence-electron chi connectivity index (χ2n) is 4.33. The molecule has 0 aliphatic rings. The Balaban J connectivity index is 1.93. The van der Waals surface area contributed by atoms with Crippen LogP contribution in [0.1, 0.15) is 21.7 Å². The summed E-state index contributed by atoms with van der Waals surface area (Å²) in [4.78, 5) is 23.4. The van der Waals surface area contributed by atoms with Gasteiger partial charge in [-0.2, -0.15) is 0 Å². The molecule has 0 radical (unpaired) electrons. The summed E-state index contributed by atoms with van der Waals surface area (Å²) < 4.78 is 5.01. The highest BCUT2D eigenvalue weighted by Gasteiger charge is 2.11. The van der Waals surface area contributed by atoms with Crippen molar-refractivity contribution in [1.29, 1.82) is 0 Å². The van der Waals surface area contributed by atoms with Crippen LogP contribution < -0.4 is 10.9 Å². The summed E-state index contributed by atoms with van der Waals surface area (Å²) in [5, 5.41) is 0.972. The number of hydrazine groups is 1. The number of rotatable bonds is 3. The van der Waals surface area contributed by atoms with E-state index < -0.39 is 11.8 Å². The first-order valence-electron chi connectivity index (χ1n) is 6.25. The summed E-state index contributed by atoms with van der Waals surface area (Å²) >= 11 is 11.8. The lowest BCUT2D eigenvalue weighted by Gasteiger charge is -2.04. The van der Waals surface area contributed by atoms with Gasteiger partial charge in [0.05, 0.1) is 11.8 Å². The van der Waals surface area contributed by atoms with Gasteiger partial charge in [-0.3, -0.25) is 20.4 Å². The average Bonchev–Trinajstić information content (AvgIpc) is 2.92. The van der Waals surface area contributed by atoms with Gasteiger partial charge in [-0.05, 0) is 42.8 Å². The van der Waals surface area contributed by atoms with Crippen LogP contribution in [-0.4, -0.2) is 11.8 Å². The van der Waals surface area contributed by atoms with Crippen LogP contribution in [0.2, 0.25) is 10.0 Å². The first-order valence-corrected chi connectivity index (χ1v) is 7.00. The van der Waals surface area contributed by atoms with Crippen molar-refractivity contribution in [3.8, 4) is 0 Å². The fourth-order valence-corrected chi connectivity index (χ4v) is 2.02. The first-order chi connectivity index (χ1) is 10.5. The van der Waals surface area contributed by atoms with Gasteiger partial charge in [0.2, 0.25) is 0 Å². The lowest BCUT2D eigenvalue weighted by Crippen LogP contribution is -2.40. The Bertz CT molecular complexity index is 738. The largest absolute Gasteiger partial charge is 0.469 e. The molecule has 1 aromatic carbocycles. The van der Waals surface area contributed by atoms with E-state index in [1.165, 1.54) is 24.5 Å². The molecule has 2 aromatic rings. The summed E-state index contributed by atoms with van der Waals surface area (Å²) in [5.41, 5.74) is 5.49. The van der Waals surface area contributed by atoms with E-state index in [2.05, 4.69) is 10.9 Å². The van der Waals surface area contributed by atoms with Gasteiger partial charge >= 0.3 is 0 Å². The van der Waals surface area contributed by atoms with Gasteiger partial charge < -0.3 is 4.42 Å². The third-order valence-corrected chi connectivity index (χ3v) is 3.35. The van der Waals surface area contributed by atoms with Crippen molar-refractivity contribution in [1.82, 2.24) is 10.9 Å². The van der Waals surface area contributed by atoms with E-state index >= 15 is 0 Å². The predicted octanol–water partition coefficient (Wildman–Crippen LogP) is 3.37. The summed E-state index contributed by atoms with van der Waals surface area (Å²) in [6.07, 6.45) is 4.13. The highest BCUT2D eigenvalue weighted by atomic mass is 35.5.